The molecule has 0 aliphatic rings. The lowest BCUT2D eigenvalue weighted by Crippen LogP contribution is -2.10. The van der Waals surface area contributed by atoms with Crippen LogP contribution in [-0.4, -0.2) is 0 Å². The second-order valence-electron chi connectivity index (χ2n) is 15.2. The maximum Gasteiger partial charge on any atom is 0.136 e. The van der Waals surface area contributed by atoms with Crippen molar-refractivity contribution in [2.24, 2.45) is 0 Å². The molecule has 0 atom stereocenters. The van der Waals surface area contributed by atoms with Gasteiger partial charge in [0.2, 0.25) is 0 Å². The van der Waals surface area contributed by atoms with Gasteiger partial charge in [0, 0.05) is 27.5 Å². The van der Waals surface area contributed by atoms with Crippen LogP contribution in [0.5, 0.6) is 0 Å². The van der Waals surface area contributed by atoms with E-state index in [4.69, 9.17) is 4.42 Å². The highest BCUT2D eigenvalue weighted by molar-refractivity contribution is 6.12. The van der Waals surface area contributed by atoms with Crippen molar-refractivity contribution in [1.82, 2.24) is 0 Å². The van der Waals surface area contributed by atoms with E-state index in [1.807, 2.05) is 12.1 Å². The van der Waals surface area contributed by atoms with Gasteiger partial charge < -0.3 is 9.32 Å². The van der Waals surface area contributed by atoms with Gasteiger partial charge in [0.15, 0.2) is 0 Å². The molecule has 0 aliphatic carbocycles. The molecule has 0 fully saturated rings. The first-order valence-electron chi connectivity index (χ1n) is 20.5. The SMILES string of the molecule is c1ccc(-c2ccccc2-c2ccccc2-c2ccccc2-c2ccc(N(c3ccc(-c4cccc5oc6ccccc6c45)cc3)c3cccc4ccccc34)cc2)cc1. The molecule has 11 rings (SSSR count). The van der Waals surface area contributed by atoms with E-state index in [0.29, 0.717) is 0 Å². The minimum absolute atomic E-state index is 0.900. The Labute approximate surface area is 349 Å². The zero-order valence-corrected chi connectivity index (χ0v) is 32.9. The van der Waals surface area contributed by atoms with E-state index < -0.39 is 0 Å². The van der Waals surface area contributed by atoms with Gasteiger partial charge in [-0.05, 0) is 103 Å². The number of para-hydroxylation sites is 1. The predicted octanol–water partition coefficient (Wildman–Crippen LogP) is 16.5. The van der Waals surface area contributed by atoms with Gasteiger partial charge in [-0.3, -0.25) is 0 Å². The Morgan fingerprint density at radius 3 is 1.32 bits per heavy atom. The lowest BCUT2D eigenvalue weighted by Gasteiger charge is -2.27. The molecule has 10 aromatic carbocycles. The van der Waals surface area contributed by atoms with Gasteiger partial charge in [-0.2, -0.15) is 0 Å². The van der Waals surface area contributed by atoms with Crippen LogP contribution in [0.2, 0.25) is 0 Å². The molecule has 2 heteroatoms. The fourth-order valence-corrected chi connectivity index (χ4v) is 8.94. The van der Waals surface area contributed by atoms with Crippen LogP contribution in [-0.2, 0) is 0 Å². The van der Waals surface area contributed by atoms with Crippen molar-refractivity contribution in [2.75, 3.05) is 4.90 Å². The summed E-state index contributed by atoms with van der Waals surface area (Å²) in [5.74, 6) is 0. The zero-order valence-electron chi connectivity index (χ0n) is 32.9. The smallest absolute Gasteiger partial charge is 0.136 e. The number of benzene rings is 10. The van der Waals surface area contributed by atoms with Crippen LogP contribution in [0.15, 0.2) is 241 Å². The van der Waals surface area contributed by atoms with Crippen molar-refractivity contribution < 1.29 is 4.42 Å². The molecule has 0 unspecified atom stereocenters. The monoisotopic (exact) mass is 765 g/mol. The summed E-state index contributed by atoms with van der Waals surface area (Å²) in [7, 11) is 0. The van der Waals surface area contributed by atoms with Crippen molar-refractivity contribution in [1.29, 1.82) is 0 Å². The van der Waals surface area contributed by atoms with Crippen LogP contribution < -0.4 is 4.90 Å². The van der Waals surface area contributed by atoms with Gasteiger partial charge in [0.1, 0.15) is 11.2 Å². The maximum atomic E-state index is 6.25. The normalized spacial score (nSPS) is 11.3. The molecule has 0 radical (unpaired) electrons. The molecule has 1 aromatic heterocycles. The highest BCUT2D eigenvalue weighted by atomic mass is 16.3. The lowest BCUT2D eigenvalue weighted by atomic mass is 9.87. The second kappa shape index (κ2) is 15.1. The fraction of sp³-hybridized carbons (Fsp3) is 0. The van der Waals surface area contributed by atoms with Crippen LogP contribution in [0.1, 0.15) is 0 Å². The van der Waals surface area contributed by atoms with E-state index in [9.17, 15) is 0 Å². The van der Waals surface area contributed by atoms with Crippen LogP contribution >= 0.6 is 0 Å². The van der Waals surface area contributed by atoms with Crippen LogP contribution in [0, 0.1) is 0 Å². The Hall–Kier alpha value is -7.94. The molecule has 0 saturated heterocycles. The van der Waals surface area contributed by atoms with Gasteiger partial charge >= 0.3 is 0 Å². The Kier molecular flexibility index (Phi) is 8.87. The van der Waals surface area contributed by atoms with E-state index in [0.717, 1.165) is 55.7 Å². The summed E-state index contributed by atoms with van der Waals surface area (Å²) in [5.41, 5.74) is 17.0. The Morgan fingerprint density at radius 2 is 0.683 bits per heavy atom. The average molecular weight is 766 g/mol. The predicted molar refractivity (Wildman–Crippen MR) is 253 cm³/mol. The minimum atomic E-state index is 0.900. The number of hydrogen-bond acceptors (Lipinski definition) is 2. The average Bonchev–Trinajstić information content (AvgIpc) is 3.72. The van der Waals surface area contributed by atoms with E-state index in [1.54, 1.807) is 0 Å². The summed E-state index contributed by atoms with van der Waals surface area (Å²) in [6.07, 6.45) is 0. The zero-order chi connectivity index (χ0) is 39.8. The second-order valence-corrected chi connectivity index (χ2v) is 15.2. The van der Waals surface area contributed by atoms with Crippen molar-refractivity contribution in [2.45, 2.75) is 0 Å². The molecule has 1 heterocycles. The molecule has 0 amide bonds. The molecular weight excluding hydrogens is 727 g/mol. The highest BCUT2D eigenvalue weighted by Crippen LogP contribution is 2.44. The highest BCUT2D eigenvalue weighted by Gasteiger charge is 2.19. The molecule has 0 aliphatic heterocycles. The number of hydrogen-bond donors (Lipinski definition) is 0. The summed E-state index contributed by atoms with van der Waals surface area (Å²) in [6, 6.07) is 84.8. The van der Waals surface area contributed by atoms with Crippen molar-refractivity contribution in [3.8, 4) is 55.6 Å². The molecule has 11 aromatic rings. The van der Waals surface area contributed by atoms with Crippen molar-refractivity contribution in [3.63, 3.8) is 0 Å². The molecule has 0 bridgehead atoms. The Bertz CT molecular complexity index is 3300. The lowest BCUT2D eigenvalue weighted by molar-refractivity contribution is 0.669. The van der Waals surface area contributed by atoms with Gasteiger partial charge in [0.05, 0.1) is 5.69 Å². The van der Waals surface area contributed by atoms with Gasteiger partial charge in [-0.15, -0.1) is 0 Å². The number of furan rings is 1. The van der Waals surface area contributed by atoms with Gasteiger partial charge in [0.25, 0.3) is 0 Å². The molecule has 60 heavy (non-hydrogen) atoms. The fourth-order valence-electron chi connectivity index (χ4n) is 8.94. The minimum Gasteiger partial charge on any atom is -0.456 e. The number of fused-ring (bicyclic) bond motifs is 4. The third-order valence-corrected chi connectivity index (χ3v) is 11.7. The first-order valence-corrected chi connectivity index (χ1v) is 20.5. The standard InChI is InChI=1S/C58H39NO/c1-2-16-40(17-3-1)46-20-6-8-23-50(46)52-25-10-11-26-53(52)51-24-9-7-21-47(51)42-32-36-44(37-33-42)59(55-29-14-19-41-18-4-5-22-48(41)55)45-38-34-43(35-39-45)49-28-15-31-57-58(49)54-27-12-13-30-56(54)60-57/h1-39H. The first kappa shape index (κ1) is 35.2. The number of nitrogens with zero attached hydrogens (tertiary/aromatic N) is 1. The van der Waals surface area contributed by atoms with Crippen LogP contribution in [0.4, 0.5) is 17.1 Å². The van der Waals surface area contributed by atoms with Crippen molar-refractivity contribution in [3.05, 3.63) is 237 Å². The maximum absolute atomic E-state index is 6.25. The van der Waals surface area contributed by atoms with Crippen LogP contribution in [0.3, 0.4) is 0 Å². The van der Waals surface area contributed by atoms with Gasteiger partial charge in [-0.25, -0.2) is 0 Å². The quantitative estimate of drug-likeness (QED) is 0.153. The van der Waals surface area contributed by atoms with E-state index >= 15 is 0 Å². The summed E-state index contributed by atoms with van der Waals surface area (Å²) in [5, 5.41) is 4.67. The van der Waals surface area contributed by atoms with Gasteiger partial charge in [-0.1, -0.05) is 194 Å². The van der Waals surface area contributed by atoms with Crippen LogP contribution in [0.25, 0.3) is 88.3 Å². The third kappa shape index (κ3) is 6.23. The first-order chi connectivity index (χ1) is 29.8. The summed E-state index contributed by atoms with van der Waals surface area (Å²) >= 11 is 0. The number of rotatable bonds is 8. The summed E-state index contributed by atoms with van der Waals surface area (Å²) in [4.78, 5) is 2.38. The number of anilines is 3. The summed E-state index contributed by atoms with van der Waals surface area (Å²) < 4.78 is 6.25. The largest absolute Gasteiger partial charge is 0.456 e. The molecule has 282 valence electrons. The van der Waals surface area contributed by atoms with Crippen molar-refractivity contribution >= 4 is 49.8 Å². The Balaban J connectivity index is 1.00. The molecule has 0 saturated carbocycles. The Morgan fingerprint density at radius 1 is 0.267 bits per heavy atom. The van der Waals surface area contributed by atoms with E-state index in [2.05, 4.69) is 229 Å². The molecule has 0 N–H and O–H groups in total. The van der Waals surface area contributed by atoms with E-state index in [-0.39, 0.29) is 0 Å². The molecular formula is C58H39NO. The molecule has 2 nitrogen and oxygen atoms in total. The summed E-state index contributed by atoms with van der Waals surface area (Å²) in [6.45, 7) is 0. The topological polar surface area (TPSA) is 16.4 Å². The molecule has 0 spiro atoms. The van der Waals surface area contributed by atoms with E-state index in [1.165, 1.54) is 49.7 Å². The third-order valence-electron chi connectivity index (χ3n) is 11.7.